The van der Waals surface area contributed by atoms with Crippen LogP contribution in [0.4, 0.5) is 8.78 Å². The van der Waals surface area contributed by atoms with Gasteiger partial charge < -0.3 is 10.1 Å². The van der Waals surface area contributed by atoms with Crippen LogP contribution in [-0.2, 0) is 14.8 Å². The zero-order valence-corrected chi connectivity index (χ0v) is 13.2. The highest BCUT2D eigenvalue weighted by molar-refractivity contribution is 7.89. The van der Waals surface area contributed by atoms with Crippen molar-refractivity contribution < 1.29 is 21.9 Å². The topological polar surface area (TPSA) is 67.4 Å². The number of hydrogen-bond acceptors (Lipinski definition) is 4. The number of piperidine rings is 1. The summed E-state index contributed by atoms with van der Waals surface area (Å²) in [6, 6.07) is 2.54. The first kappa shape index (κ1) is 17.3. The van der Waals surface area contributed by atoms with E-state index in [0.717, 1.165) is 38.1 Å². The van der Waals surface area contributed by atoms with Crippen LogP contribution in [0.15, 0.2) is 23.1 Å². The molecule has 0 bridgehead atoms. The van der Waals surface area contributed by atoms with Gasteiger partial charge in [-0.3, -0.25) is 0 Å². The lowest BCUT2D eigenvalue weighted by atomic mass is 9.80. The van der Waals surface area contributed by atoms with E-state index in [-0.39, 0.29) is 16.9 Å². The highest BCUT2D eigenvalue weighted by Gasteiger charge is 2.33. The zero-order valence-electron chi connectivity index (χ0n) is 12.4. The van der Waals surface area contributed by atoms with Gasteiger partial charge in [0.25, 0.3) is 0 Å². The molecule has 5 nitrogen and oxygen atoms in total. The summed E-state index contributed by atoms with van der Waals surface area (Å²) in [5.41, 5.74) is -0.286. The van der Waals surface area contributed by atoms with Crippen molar-refractivity contribution in [1.82, 2.24) is 10.0 Å². The van der Waals surface area contributed by atoms with Gasteiger partial charge in [-0.1, -0.05) is 0 Å². The highest BCUT2D eigenvalue weighted by Crippen LogP contribution is 2.29. The number of halogens is 2. The van der Waals surface area contributed by atoms with E-state index in [2.05, 4.69) is 10.0 Å². The predicted octanol–water partition coefficient (Wildman–Crippen LogP) is 1.26. The van der Waals surface area contributed by atoms with Crippen molar-refractivity contribution in [1.29, 1.82) is 0 Å². The van der Waals surface area contributed by atoms with E-state index in [4.69, 9.17) is 4.74 Å². The lowest BCUT2D eigenvalue weighted by Crippen LogP contribution is -2.47. The Morgan fingerprint density at radius 3 is 2.55 bits per heavy atom. The fourth-order valence-electron chi connectivity index (χ4n) is 2.61. The first-order valence-corrected chi connectivity index (χ1v) is 8.51. The Bertz CT molecular complexity index is 611. The number of benzene rings is 1. The maximum Gasteiger partial charge on any atom is 0.240 e. The van der Waals surface area contributed by atoms with Crippen molar-refractivity contribution in [2.24, 2.45) is 5.41 Å². The average Bonchev–Trinajstić information content (AvgIpc) is 2.49. The van der Waals surface area contributed by atoms with Gasteiger partial charge in [-0.05, 0) is 44.1 Å². The lowest BCUT2D eigenvalue weighted by molar-refractivity contribution is 0.0577. The van der Waals surface area contributed by atoms with Crippen LogP contribution in [0.1, 0.15) is 12.8 Å². The number of ether oxygens (including phenoxy) is 1. The molecule has 1 aromatic carbocycles. The molecule has 2 N–H and O–H groups in total. The fraction of sp³-hybridized carbons (Fsp3) is 0.571. The lowest BCUT2D eigenvalue weighted by Gasteiger charge is -2.37. The second-order valence-electron chi connectivity index (χ2n) is 5.58. The molecular formula is C14H20F2N2O3S. The van der Waals surface area contributed by atoms with Crippen molar-refractivity contribution in [3.63, 3.8) is 0 Å². The summed E-state index contributed by atoms with van der Waals surface area (Å²) in [5.74, 6) is -2.26. The molecule has 0 radical (unpaired) electrons. The average molecular weight is 334 g/mol. The van der Waals surface area contributed by atoms with E-state index in [1.165, 1.54) is 0 Å². The standard InChI is InChI=1S/C14H20F2N2O3S/c1-21-10-14(4-6-17-7-5-14)9-18-22(19,20)11-2-3-12(15)13(16)8-11/h2-3,8,17-18H,4-7,9-10H2,1H3. The monoisotopic (exact) mass is 334 g/mol. The molecule has 1 aromatic rings. The molecule has 0 aliphatic carbocycles. The molecule has 0 aromatic heterocycles. The SMILES string of the molecule is COCC1(CNS(=O)(=O)c2ccc(F)c(F)c2)CCNCC1. The first-order valence-electron chi connectivity index (χ1n) is 7.03. The minimum absolute atomic E-state index is 0.198. The number of methoxy groups -OCH3 is 1. The van der Waals surface area contributed by atoms with Crippen LogP contribution in [0.25, 0.3) is 0 Å². The summed E-state index contributed by atoms with van der Waals surface area (Å²) in [4.78, 5) is -0.284. The summed E-state index contributed by atoms with van der Waals surface area (Å²) in [7, 11) is -2.31. The second-order valence-corrected chi connectivity index (χ2v) is 7.35. The molecule has 1 fully saturated rings. The molecule has 0 spiro atoms. The van der Waals surface area contributed by atoms with E-state index in [9.17, 15) is 17.2 Å². The number of rotatable bonds is 6. The molecule has 2 rings (SSSR count). The van der Waals surface area contributed by atoms with Crippen LogP contribution >= 0.6 is 0 Å². The number of nitrogens with one attached hydrogen (secondary N) is 2. The Morgan fingerprint density at radius 1 is 1.27 bits per heavy atom. The third-order valence-corrected chi connectivity index (χ3v) is 5.35. The van der Waals surface area contributed by atoms with Gasteiger partial charge in [-0.25, -0.2) is 21.9 Å². The molecule has 0 amide bonds. The molecule has 1 aliphatic heterocycles. The normalized spacial score (nSPS) is 18.3. The van der Waals surface area contributed by atoms with Gasteiger partial charge in [0.2, 0.25) is 10.0 Å². The number of sulfonamides is 1. The molecule has 1 aliphatic rings. The van der Waals surface area contributed by atoms with Crippen LogP contribution in [0.2, 0.25) is 0 Å². The van der Waals surface area contributed by atoms with E-state index in [1.807, 2.05) is 0 Å². The molecule has 0 saturated carbocycles. The summed E-state index contributed by atoms with van der Waals surface area (Å²) in [6.45, 7) is 2.21. The van der Waals surface area contributed by atoms with Crippen LogP contribution in [-0.4, -0.2) is 41.8 Å². The summed E-state index contributed by atoms with van der Waals surface area (Å²) in [6.07, 6.45) is 1.56. The second kappa shape index (κ2) is 6.99. The van der Waals surface area contributed by atoms with Crippen molar-refractivity contribution in [3.8, 4) is 0 Å². The molecule has 1 heterocycles. The predicted molar refractivity (Wildman–Crippen MR) is 78.0 cm³/mol. The van der Waals surface area contributed by atoms with Crippen molar-refractivity contribution in [2.75, 3.05) is 33.4 Å². The van der Waals surface area contributed by atoms with Crippen LogP contribution in [0.3, 0.4) is 0 Å². The molecule has 1 saturated heterocycles. The van der Waals surface area contributed by atoms with E-state index in [0.29, 0.717) is 12.7 Å². The Hall–Kier alpha value is -1.09. The van der Waals surface area contributed by atoms with Gasteiger partial charge in [0, 0.05) is 19.1 Å². The van der Waals surface area contributed by atoms with Gasteiger partial charge in [0.15, 0.2) is 11.6 Å². The molecule has 0 atom stereocenters. The van der Waals surface area contributed by atoms with Crippen LogP contribution < -0.4 is 10.0 Å². The first-order chi connectivity index (χ1) is 10.4. The van der Waals surface area contributed by atoms with Gasteiger partial charge in [0.05, 0.1) is 11.5 Å². The smallest absolute Gasteiger partial charge is 0.240 e. The molecular weight excluding hydrogens is 314 g/mol. The molecule has 8 heteroatoms. The molecule has 22 heavy (non-hydrogen) atoms. The number of hydrogen-bond donors (Lipinski definition) is 2. The Balaban J connectivity index is 2.12. The summed E-state index contributed by atoms with van der Waals surface area (Å²) >= 11 is 0. The molecule has 0 unspecified atom stereocenters. The Labute approximate surface area is 129 Å². The summed E-state index contributed by atoms with van der Waals surface area (Å²) < 4.78 is 58.3. The van der Waals surface area contributed by atoms with Gasteiger partial charge in [0.1, 0.15) is 0 Å². The fourth-order valence-corrected chi connectivity index (χ4v) is 3.78. The quantitative estimate of drug-likeness (QED) is 0.822. The largest absolute Gasteiger partial charge is 0.384 e. The van der Waals surface area contributed by atoms with E-state index in [1.54, 1.807) is 7.11 Å². The van der Waals surface area contributed by atoms with E-state index < -0.39 is 21.7 Å². The van der Waals surface area contributed by atoms with Crippen LogP contribution in [0.5, 0.6) is 0 Å². The summed E-state index contributed by atoms with van der Waals surface area (Å²) in [5, 5.41) is 3.22. The van der Waals surface area contributed by atoms with Gasteiger partial charge in [-0.2, -0.15) is 0 Å². The van der Waals surface area contributed by atoms with E-state index >= 15 is 0 Å². The minimum atomic E-state index is -3.89. The van der Waals surface area contributed by atoms with Crippen molar-refractivity contribution in [2.45, 2.75) is 17.7 Å². The highest BCUT2D eigenvalue weighted by atomic mass is 32.2. The van der Waals surface area contributed by atoms with Crippen molar-refractivity contribution >= 4 is 10.0 Å². The minimum Gasteiger partial charge on any atom is -0.384 e. The van der Waals surface area contributed by atoms with Crippen LogP contribution in [0, 0.1) is 17.0 Å². The third-order valence-electron chi connectivity index (χ3n) is 3.95. The maximum absolute atomic E-state index is 13.2. The Morgan fingerprint density at radius 2 is 1.95 bits per heavy atom. The van der Waals surface area contributed by atoms with Gasteiger partial charge in [-0.15, -0.1) is 0 Å². The Kier molecular flexibility index (Phi) is 5.49. The third kappa shape index (κ3) is 4.01. The van der Waals surface area contributed by atoms with Crippen molar-refractivity contribution in [3.05, 3.63) is 29.8 Å². The zero-order chi connectivity index (χ0) is 16.2. The molecule has 124 valence electrons. The van der Waals surface area contributed by atoms with Gasteiger partial charge >= 0.3 is 0 Å². The maximum atomic E-state index is 13.2.